The summed E-state index contributed by atoms with van der Waals surface area (Å²) in [6, 6.07) is 0. The smallest absolute Gasteiger partial charge is 0.355 e. The molecule has 1 heterocycles. The zero-order valence-corrected chi connectivity index (χ0v) is 7.01. The van der Waals surface area contributed by atoms with Gasteiger partial charge in [0.2, 0.25) is 0 Å². The molecule has 0 unspecified atom stereocenters. The van der Waals surface area contributed by atoms with E-state index in [0.717, 1.165) is 11.3 Å². The van der Waals surface area contributed by atoms with Gasteiger partial charge in [-0.1, -0.05) is 0 Å². The summed E-state index contributed by atoms with van der Waals surface area (Å²) in [7, 11) is 0. The minimum atomic E-state index is -1.14. The van der Waals surface area contributed by atoms with Crippen LogP contribution in [0.4, 0.5) is 0 Å². The van der Waals surface area contributed by atoms with Crippen LogP contribution in [0.3, 0.4) is 0 Å². The fourth-order valence-electron chi connectivity index (χ4n) is 0.700. The Bertz CT molecular complexity index is 345. The summed E-state index contributed by atoms with van der Waals surface area (Å²) < 4.78 is 0. The molecular formula is C6H6N2O3S. The minimum Gasteiger partial charge on any atom is -0.476 e. The molecule has 1 aromatic rings. The molecule has 3 N–H and O–H groups in total. The number of aromatic carboxylic acids is 1. The Labute approximate surface area is 71.8 Å². The number of carboxylic acids is 1. The maximum atomic E-state index is 10.6. The van der Waals surface area contributed by atoms with Gasteiger partial charge in [-0.05, 0) is 6.92 Å². The van der Waals surface area contributed by atoms with Gasteiger partial charge in [-0.2, -0.15) is 0 Å². The molecule has 6 heteroatoms. The molecule has 0 saturated heterocycles. The number of hydrogen-bond acceptors (Lipinski definition) is 4. The third kappa shape index (κ3) is 1.42. The molecule has 0 bridgehead atoms. The predicted octanol–water partition coefficient (Wildman–Crippen LogP) is 0.249. The van der Waals surface area contributed by atoms with Gasteiger partial charge in [0.25, 0.3) is 5.91 Å². The Morgan fingerprint density at radius 1 is 1.58 bits per heavy atom. The standard InChI is InChI=1S/C6H6N2O3S/c1-2-3(6(10)11)8-5(12-2)4(7)9/h1H3,(H2,7,9)(H,10,11). The van der Waals surface area contributed by atoms with Crippen LogP contribution in [-0.4, -0.2) is 22.0 Å². The van der Waals surface area contributed by atoms with Crippen molar-refractivity contribution in [2.24, 2.45) is 5.73 Å². The minimum absolute atomic E-state index is 0.0323. The number of nitrogens with zero attached hydrogens (tertiary/aromatic N) is 1. The quantitative estimate of drug-likeness (QED) is 0.692. The Hall–Kier alpha value is -1.43. The van der Waals surface area contributed by atoms with E-state index in [1.807, 2.05) is 0 Å². The highest BCUT2D eigenvalue weighted by Crippen LogP contribution is 2.16. The van der Waals surface area contributed by atoms with E-state index in [9.17, 15) is 9.59 Å². The number of aromatic nitrogens is 1. The molecule has 0 radical (unpaired) electrons. The van der Waals surface area contributed by atoms with Crippen LogP contribution in [-0.2, 0) is 0 Å². The maximum Gasteiger partial charge on any atom is 0.355 e. The second-order valence-electron chi connectivity index (χ2n) is 2.09. The van der Waals surface area contributed by atoms with Gasteiger partial charge in [0.15, 0.2) is 10.7 Å². The molecule has 0 atom stereocenters. The van der Waals surface area contributed by atoms with Crippen molar-refractivity contribution in [1.29, 1.82) is 0 Å². The first-order valence-corrected chi connectivity index (χ1v) is 3.84. The lowest BCUT2D eigenvalue weighted by atomic mass is 10.4. The second kappa shape index (κ2) is 2.90. The van der Waals surface area contributed by atoms with E-state index < -0.39 is 11.9 Å². The van der Waals surface area contributed by atoms with Crippen LogP contribution in [0, 0.1) is 6.92 Å². The number of carboxylic acid groups (broad SMARTS) is 1. The van der Waals surface area contributed by atoms with Crippen LogP contribution in [0.15, 0.2) is 0 Å². The molecule has 0 aliphatic rings. The first kappa shape index (κ1) is 8.66. The van der Waals surface area contributed by atoms with Crippen molar-refractivity contribution in [3.63, 3.8) is 0 Å². The zero-order chi connectivity index (χ0) is 9.30. The molecule has 0 aromatic carbocycles. The lowest BCUT2D eigenvalue weighted by Gasteiger charge is -1.85. The fraction of sp³-hybridized carbons (Fsp3) is 0.167. The molecule has 1 rings (SSSR count). The molecule has 0 fully saturated rings. The largest absolute Gasteiger partial charge is 0.476 e. The number of nitrogens with two attached hydrogens (primary N) is 1. The molecule has 0 aliphatic heterocycles. The maximum absolute atomic E-state index is 10.6. The molecule has 64 valence electrons. The third-order valence-electron chi connectivity index (χ3n) is 1.21. The lowest BCUT2D eigenvalue weighted by molar-refractivity contribution is 0.0690. The predicted molar refractivity (Wildman–Crippen MR) is 42.3 cm³/mol. The first-order chi connectivity index (χ1) is 5.52. The summed E-state index contributed by atoms with van der Waals surface area (Å²) in [6.07, 6.45) is 0. The molecule has 0 saturated carbocycles. The Balaban J connectivity index is 3.17. The summed E-state index contributed by atoms with van der Waals surface area (Å²) in [5.74, 6) is -1.84. The van der Waals surface area contributed by atoms with Crippen LogP contribution < -0.4 is 5.73 Å². The van der Waals surface area contributed by atoms with Crippen molar-refractivity contribution in [2.45, 2.75) is 6.92 Å². The van der Waals surface area contributed by atoms with Crippen LogP contribution in [0.2, 0.25) is 0 Å². The second-order valence-corrected chi connectivity index (χ2v) is 3.30. The topological polar surface area (TPSA) is 93.3 Å². The van der Waals surface area contributed by atoms with E-state index in [2.05, 4.69) is 4.98 Å². The zero-order valence-electron chi connectivity index (χ0n) is 6.20. The molecule has 0 aliphatic carbocycles. The SMILES string of the molecule is Cc1sc(C(N)=O)nc1C(=O)O. The van der Waals surface area contributed by atoms with Crippen molar-refractivity contribution < 1.29 is 14.7 Å². The number of carbonyl (C=O) groups excluding carboxylic acids is 1. The average molecular weight is 186 g/mol. The van der Waals surface area contributed by atoms with Gasteiger partial charge in [-0.25, -0.2) is 9.78 Å². The van der Waals surface area contributed by atoms with Gasteiger partial charge in [0.05, 0.1) is 0 Å². The Morgan fingerprint density at radius 3 is 2.42 bits per heavy atom. The average Bonchev–Trinajstić information content (AvgIpc) is 2.30. The normalized spacial score (nSPS) is 9.75. The van der Waals surface area contributed by atoms with Gasteiger partial charge >= 0.3 is 5.97 Å². The summed E-state index contributed by atoms with van der Waals surface area (Å²) >= 11 is 0.984. The number of thiazole rings is 1. The number of primary amides is 1. The highest BCUT2D eigenvalue weighted by atomic mass is 32.1. The van der Waals surface area contributed by atoms with Crippen LogP contribution >= 0.6 is 11.3 Å². The number of carbonyl (C=O) groups is 2. The van der Waals surface area contributed by atoms with Crippen molar-refractivity contribution in [3.05, 3.63) is 15.6 Å². The molecule has 1 amide bonds. The Kier molecular flexibility index (Phi) is 2.09. The highest BCUT2D eigenvalue weighted by molar-refractivity contribution is 7.13. The number of rotatable bonds is 2. The van der Waals surface area contributed by atoms with E-state index in [0.29, 0.717) is 4.88 Å². The summed E-state index contributed by atoms with van der Waals surface area (Å²) in [5, 5.41) is 8.59. The van der Waals surface area contributed by atoms with Crippen LogP contribution in [0.25, 0.3) is 0 Å². The highest BCUT2D eigenvalue weighted by Gasteiger charge is 2.16. The fourth-order valence-corrected chi connectivity index (χ4v) is 1.46. The third-order valence-corrected chi connectivity index (χ3v) is 2.20. The van der Waals surface area contributed by atoms with E-state index in [-0.39, 0.29) is 10.7 Å². The first-order valence-electron chi connectivity index (χ1n) is 3.03. The van der Waals surface area contributed by atoms with Gasteiger partial charge in [0, 0.05) is 4.88 Å². The number of hydrogen-bond donors (Lipinski definition) is 2. The molecule has 1 aromatic heterocycles. The lowest BCUT2D eigenvalue weighted by Crippen LogP contribution is -2.11. The summed E-state index contributed by atoms with van der Waals surface area (Å²) in [5.41, 5.74) is 4.81. The molecular weight excluding hydrogens is 180 g/mol. The van der Waals surface area contributed by atoms with Crippen LogP contribution in [0.1, 0.15) is 25.2 Å². The van der Waals surface area contributed by atoms with Crippen molar-refractivity contribution >= 4 is 23.2 Å². The molecule has 5 nitrogen and oxygen atoms in total. The monoisotopic (exact) mass is 186 g/mol. The summed E-state index contributed by atoms with van der Waals surface area (Å²) in [6.45, 7) is 1.58. The van der Waals surface area contributed by atoms with Gasteiger partial charge < -0.3 is 10.8 Å². The number of amides is 1. The Morgan fingerprint density at radius 2 is 2.17 bits per heavy atom. The molecule has 0 spiro atoms. The van der Waals surface area contributed by atoms with E-state index in [1.54, 1.807) is 6.92 Å². The van der Waals surface area contributed by atoms with Crippen LogP contribution in [0.5, 0.6) is 0 Å². The summed E-state index contributed by atoms with van der Waals surface area (Å²) in [4.78, 5) is 25.1. The van der Waals surface area contributed by atoms with Gasteiger partial charge in [0.1, 0.15) is 0 Å². The van der Waals surface area contributed by atoms with Crippen molar-refractivity contribution in [2.75, 3.05) is 0 Å². The van der Waals surface area contributed by atoms with E-state index in [1.165, 1.54) is 0 Å². The van der Waals surface area contributed by atoms with Crippen molar-refractivity contribution in [3.8, 4) is 0 Å². The molecule has 12 heavy (non-hydrogen) atoms. The van der Waals surface area contributed by atoms with Crippen molar-refractivity contribution in [1.82, 2.24) is 4.98 Å². The van der Waals surface area contributed by atoms with Gasteiger partial charge in [-0.3, -0.25) is 4.79 Å². The van der Waals surface area contributed by atoms with E-state index >= 15 is 0 Å². The number of aryl methyl sites for hydroxylation is 1. The van der Waals surface area contributed by atoms with Gasteiger partial charge in [-0.15, -0.1) is 11.3 Å². The van der Waals surface area contributed by atoms with E-state index in [4.69, 9.17) is 10.8 Å².